The van der Waals surface area contributed by atoms with E-state index in [1.54, 1.807) is 44.0 Å². The van der Waals surface area contributed by atoms with E-state index in [1.807, 2.05) is 42.5 Å². The van der Waals surface area contributed by atoms with Crippen molar-refractivity contribution in [2.24, 2.45) is 7.05 Å². The van der Waals surface area contributed by atoms with Gasteiger partial charge in [-0.25, -0.2) is 0 Å². The number of hydrogen-bond acceptors (Lipinski definition) is 5. The van der Waals surface area contributed by atoms with Gasteiger partial charge < -0.3 is 19.4 Å². The van der Waals surface area contributed by atoms with Crippen LogP contribution in [0, 0.1) is 0 Å². The van der Waals surface area contributed by atoms with Crippen molar-refractivity contribution in [3.8, 4) is 22.6 Å². The molecule has 0 amide bonds. The lowest BCUT2D eigenvalue weighted by molar-refractivity contribution is 0.104. The van der Waals surface area contributed by atoms with Crippen molar-refractivity contribution in [2.75, 3.05) is 19.5 Å². The van der Waals surface area contributed by atoms with Crippen LogP contribution in [0.25, 0.3) is 22.0 Å². The number of pyridine rings is 1. The van der Waals surface area contributed by atoms with E-state index < -0.39 is 0 Å². The Morgan fingerprint density at radius 1 is 0.806 bits per heavy atom. The fourth-order valence-electron chi connectivity index (χ4n) is 4.21. The summed E-state index contributed by atoms with van der Waals surface area (Å²) >= 11 is 0. The first kappa shape index (κ1) is 18.9. The van der Waals surface area contributed by atoms with E-state index in [9.17, 15) is 9.59 Å². The van der Waals surface area contributed by atoms with Gasteiger partial charge in [0.25, 0.3) is 5.56 Å². The number of nitrogens with one attached hydrogen (secondary N) is 1. The topological polar surface area (TPSA) is 69.6 Å². The van der Waals surface area contributed by atoms with Gasteiger partial charge in [0.05, 0.1) is 36.7 Å². The first-order valence-corrected chi connectivity index (χ1v) is 9.83. The Balaban J connectivity index is 1.81. The zero-order valence-electron chi connectivity index (χ0n) is 17.4. The second-order valence-corrected chi connectivity index (χ2v) is 7.40. The number of ether oxygens (including phenoxy) is 2. The van der Waals surface area contributed by atoms with E-state index in [-0.39, 0.29) is 11.3 Å². The Morgan fingerprint density at radius 2 is 1.58 bits per heavy atom. The molecule has 0 radical (unpaired) electrons. The number of aromatic nitrogens is 1. The van der Waals surface area contributed by atoms with E-state index in [0.29, 0.717) is 39.5 Å². The second kappa shape index (κ2) is 7.02. The number of benzene rings is 3. The first-order valence-electron chi connectivity index (χ1n) is 9.83. The van der Waals surface area contributed by atoms with E-state index >= 15 is 0 Å². The Bertz CT molecular complexity index is 1440. The quantitative estimate of drug-likeness (QED) is 0.470. The minimum atomic E-state index is -0.118. The molecule has 0 bridgehead atoms. The SMILES string of the molecule is COc1ccc(OC)c(Nc2ccc3c4c(cc(=O)n3C)-c3ccccc3C(=O)c24)c1. The Kier molecular flexibility index (Phi) is 4.29. The average Bonchev–Trinajstić information content (AvgIpc) is 2.80. The number of fused-ring (bicyclic) bond motifs is 2. The number of carbonyl (C=O) groups is 1. The summed E-state index contributed by atoms with van der Waals surface area (Å²) in [6, 6.07) is 18.1. The molecule has 1 aliphatic carbocycles. The minimum Gasteiger partial charge on any atom is -0.497 e. The molecule has 0 saturated carbocycles. The van der Waals surface area contributed by atoms with Gasteiger partial charge in [-0.05, 0) is 35.4 Å². The van der Waals surface area contributed by atoms with Crippen molar-refractivity contribution < 1.29 is 14.3 Å². The molecule has 1 aromatic heterocycles. The standard InChI is InChI=1S/C25H20N2O4/c1-27-20-10-9-18(26-19-12-14(30-2)8-11-21(19)31-3)24-23(20)17(13-22(27)28)15-6-4-5-7-16(15)25(24)29/h4-13,26H,1-3H3. The highest BCUT2D eigenvalue weighted by Gasteiger charge is 2.29. The molecular formula is C25H20N2O4. The molecule has 0 atom stereocenters. The maximum absolute atomic E-state index is 13.6. The van der Waals surface area contributed by atoms with Crippen molar-refractivity contribution in [1.82, 2.24) is 4.57 Å². The molecular weight excluding hydrogens is 392 g/mol. The average molecular weight is 412 g/mol. The zero-order chi connectivity index (χ0) is 21.7. The van der Waals surface area contributed by atoms with Crippen LogP contribution >= 0.6 is 0 Å². The molecule has 6 heteroatoms. The highest BCUT2D eigenvalue weighted by Crippen LogP contribution is 2.43. The van der Waals surface area contributed by atoms with E-state index in [0.717, 1.165) is 16.5 Å². The van der Waals surface area contributed by atoms with Crippen molar-refractivity contribution in [3.05, 3.63) is 82.1 Å². The van der Waals surface area contributed by atoms with Crippen molar-refractivity contribution in [2.45, 2.75) is 0 Å². The van der Waals surface area contributed by atoms with Crippen LogP contribution in [0.2, 0.25) is 0 Å². The molecule has 0 unspecified atom stereocenters. The molecule has 0 fully saturated rings. The van der Waals surface area contributed by atoms with E-state index in [4.69, 9.17) is 9.47 Å². The van der Waals surface area contributed by atoms with Crippen LogP contribution in [0.4, 0.5) is 11.4 Å². The largest absolute Gasteiger partial charge is 0.497 e. The molecule has 6 nitrogen and oxygen atoms in total. The number of carbonyl (C=O) groups excluding carboxylic acids is 1. The summed E-state index contributed by atoms with van der Waals surface area (Å²) in [5.41, 5.74) is 4.57. The van der Waals surface area contributed by atoms with Gasteiger partial charge in [-0.1, -0.05) is 24.3 Å². The van der Waals surface area contributed by atoms with Crippen LogP contribution < -0.4 is 20.3 Å². The summed E-state index contributed by atoms with van der Waals surface area (Å²) in [6.07, 6.45) is 0. The Labute approximate surface area is 178 Å². The van der Waals surface area contributed by atoms with Gasteiger partial charge in [0, 0.05) is 30.1 Å². The monoisotopic (exact) mass is 412 g/mol. The van der Waals surface area contributed by atoms with Gasteiger partial charge in [-0.2, -0.15) is 0 Å². The third-order valence-electron chi connectivity index (χ3n) is 5.78. The number of rotatable bonds is 4. The van der Waals surface area contributed by atoms with Crippen molar-refractivity contribution in [1.29, 1.82) is 0 Å². The maximum atomic E-state index is 13.6. The molecule has 4 aromatic rings. The number of ketones is 1. The summed E-state index contributed by atoms with van der Waals surface area (Å²) in [5.74, 6) is 1.20. The number of aryl methyl sites for hydroxylation is 1. The van der Waals surface area contributed by atoms with Crippen molar-refractivity contribution in [3.63, 3.8) is 0 Å². The van der Waals surface area contributed by atoms with Gasteiger partial charge in [0.2, 0.25) is 0 Å². The summed E-state index contributed by atoms with van der Waals surface area (Å²) < 4.78 is 12.4. The molecule has 154 valence electrons. The molecule has 3 aromatic carbocycles. The van der Waals surface area contributed by atoms with E-state index in [1.165, 1.54) is 0 Å². The predicted octanol–water partition coefficient (Wildman–Crippen LogP) is 4.51. The fourth-order valence-corrected chi connectivity index (χ4v) is 4.21. The van der Waals surface area contributed by atoms with E-state index in [2.05, 4.69) is 5.32 Å². The lowest BCUT2D eigenvalue weighted by atomic mass is 9.83. The van der Waals surface area contributed by atoms with Crippen LogP contribution in [0.3, 0.4) is 0 Å². The molecule has 0 saturated heterocycles. The molecule has 1 aliphatic rings. The third kappa shape index (κ3) is 2.79. The highest BCUT2D eigenvalue weighted by molar-refractivity contribution is 6.28. The Morgan fingerprint density at radius 3 is 2.32 bits per heavy atom. The molecule has 0 aliphatic heterocycles. The highest BCUT2D eigenvalue weighted by atomic mass is 16.5. The van der Waals surface area contributed by atoms with Crippen LogP contribution in [0.15, 0.2) is 65.5 Å². The summed E-state index contributed by atoms with van der Waals surface area (Å²) in [4.78, 5) is 26.2. The van der Waals surface area contributed by atoms with Gasteiger partial charge in [0.15, 0.2) is 5.78 Å². The minimum absolute atomic E-state index is 0.0864. The number of anilines is 2. The van der Waals surface area contributed by atoms with Crippen molar-refractivity contribution >= 4 is 28.1 Å². The van der Waals surface area contributed by atoms with Crippen LogP contribution in [-0.4, -0.2) is 24.6 Å². The molecule has 1 N–H and O–H groups in total. The molecule has 0 spiro atoms. The first-order chi connectivity index (χ1) is 15.0. The zero-order valence-corrected chi connectivity index (χ0v) is 17.4. The fraction of sp³-hybridized carbons (Fsp3) is 0.120. The summed E-state index contributed by atoms with van der Waals surface area (Å²) in [6.45, 7) is 0. The third-order valence-corrected chi connectivity index (χ3v) is 5.78. The van der Waals surface area contributed by atoms with Crippen LogP contribution in [0.1, 0.15) is 15.9 Å². The Hall–Kier alpha value is -4.06. The van der Waals surface area contributed by atoms with Gasteiger partial charge in [-0.3, -0.25) is 9.59 Å². The van der Waals surface area contributed by atoms with Gasteiger partial charge in [-0.15, -0.1) is 0 Å². The molecule has 5 rings (SSSR count). The lowest BCUT2D eigenvalue weighted by Gasteiger charge is -2.24. The normalized spacial score (nSPS) is 11.9. The van der Waals surface area contributed by atoms with Gasteiger partial charge in [0.1, 0.15) is 11.5 Å². The smallest absolute Gasteiger partial charge is 0.251 e. The number of hydrogen-bond donors (Lipinski definition) is 1. The lowest BCUT2D eigenvalue weighted by Crippen LogP contribution is -2.21. The maximum Gasteiger partial charge on any atom is 0.251 e. The summed E-state index contributed by atoms with van der Waals surface area (Å²) in [5, 5.41) is 4.11. The second-order valence-electron chi connectivity index (χ2n) is 7.40. The van der Waals surface area contributed by atoms with Crippen LogP contribution in [-0.2, 0) is 7.05 Å². The number of nitrogens with zero attached hydrogens (tertiary/aromatic N) is 1. The van der Waals surface area contributed by atoms with Crippen LogP contribution in [0.5, 0.6) is 11.5 Å². The molecule has 1 heterocycles. The number of methoxy groups -OCH3 is 2. The molecule has 31 heavy (non-hydrogen) atoms. The summed E-state index contributed by atoms with van der Waals surface area (Å²) in [7, 11) is 4.90. The predicted molar refractivity (Wildman–Crippen MR) is 121 cm³/mol. The van der Waals surface area contributed by atoms with Gasteiger partial charge >= 0.3 is 0 Å².